The van der Waals surface area contributed by atoms with Crippen molar-refractivity contribution >= 4 is 16.9 Å². The molecule has 2 aliphatic rings. The Hall–Kier alpha value is -2.67. The van der Waals surface area contributed by atoms with Crippen molar-refractivity contribution in [1.29, 1.82) is 0 Å². The van der Waals surface area contributed by atoms with Crippen LogP contribution >= 0.6 is 0 Å². The first-order valence-corrected chi connectivity index (χ1v) is 12.3. The number of benzene rings is 2. The molecule has 2 aromatic carbocycles. The minimum absolute atomic E-state index is 0.00899. The zero-order valence-corrected chi connectivity index (χ0v) is 20.3. The minimum Gasteiger partial charge on any atom is -0.451 e. The normalized spacial score (nSPS) is 23.4. The van der Waals surface area contributed by atoms with Crippen molar-refractivity contribution < 1.29 is 19.1 Å². The number of ether oxygens (including phenoxy) is 1. The fraction of sp³-hybridized carbons (Fsp3) is 0.464. The Bertz CT molecular complexity index is 1170. The van der Waals surface area contributed by atoms with Gasteiger partial charge in [-0.15, -0.1) is 0 Å². The molecule has 2 atom stereocenters. The van der Waals surface area contributed by atoms with Crippen molar-refractivity contribution in [2.75, 3.05) is 26.2 Å². The van der Waals surface area contributed by atoms with Gasteiger partial charge in [0.15, 0.2) is 5.76 Å². The Morgan fingerprint density at radius 1 is 1.06 bits per heavy atom. The van der Waals surface area contributed by atoms with E-state index in [1.165, 1.54) is 11.1 Å². The van der Waals surface area contributed by atoms with Gasteiger partial charge in [0.25, 0.3) is 5.91 Å². The Kier molecular flexibility index (Phi) is 6.23. The van der Waals surface area contributed by atoms with Crippen LogP contribution in [0.3, 0.4) is 0 Å². The van der Waals surface area contributed by atoms with E-state index in [0.29, 0.717) is 37.3 Å². The molecule has 2 aliphatic heterocycles. The van der Waals surface area contributed by atoms with E-state index in [9.17, 15) is 9.90 Å². The molecule has 0 bridgehead atoms. The van der Waals surface area contributed by atoms with Crippen molar-refractivity contribution in [3.8, 4) is 0 Å². The maximum atomic E-state index is 13.0. The van der Waals surface area contributed by atoms with Crippen molar-refractivity contribution in [3.05, 3.63) is 71.0 Å². The summed E-state index contributed by atoms with van der Waals surface area (Å²) in [5.74, 6) is 0.233. The van der Waals surface area contributed by atoms with E-state index in [1.54, 1.807) is 4.90 Å². The highest BCUT2D eigenvalue weighted by atomic mass is 16.5. The summed E-state index contributed by atoms with van der Waals surface area (Å²) in [6, 6.07) is 16.2. The predicted octanol–water partition coefficient (Wildman–Crippen LogP) is 4.47. The third-order valence-corrected chi connectivity index (χ3v) is 7.14. The van der Waals surface area contributed by atoms with Crippen LogP contribution in [0.5, 0.6) is 0 Å². The van der Waals surface area contributed by atoms with Crippen LogP contribution in [0.25, 0.3) is 11.0 Å². The molecule has 2 fully saturated rings. The van der Waals surface area contributed by atoms with Gasteiger partial charge in [0.1, 0.15) is 5.58 Å². The van der Waals surface area contributed by atoms with E-state index in [0.717, 1.165) is 30.6 Å². The van der Waals surface area contributed by atoms with Gasteiger partial charge < -0.3 is 19.2 Å². The van der Waals surface area contributed by atoms with E-state index in [1.807, 2.05) is 38.1 Å². The third-order valence-electron chi connectivity index (χ3n) is 7.14. The topological polar surface area (TPSA) is 66.2 Å². The zero-order valence-electron chi connectivity index (χ0n) is 20.3. The standard InChI is InChI=1S/C28H34N2O4/c1-19-5-4-6-22(13-19)18-29-11-9-28(32,10-12-29)24-7-8-25-23(14-24)15-26(34-25)27(31)30-16-20(2)33-21(3)17-30/h4-8,13-15,20-21,32H,9-12,16-18H2,1-3H3/t20-,21+. The summed E-state index contributed by atoms with van der Waals surface area (Å²) in [7, 11) is 0. The summed E-state index contributed by atoms with van der Waals surface area (Å²) in [5, 5.41) is 12.3. The first kappa shape index (κ1) is 23.1. The second-order valence-corrected chi connectivity index (χ2v) is 10.1. The molecule has 5 rings (SSSR count). The number of morpholine rings is 1. The van der Waals surface area contributed by atoms with Crippen LogP contribution in [0.1, 0.15) is 53.9 Å². The number of carbonyl (C=O) groups is 1. The van der Waals surface area contributed by atoms with Crippen molar-refractivity contribution in [1.82, 2.24) is 9.80 Å². The molecule has 1 aromatic heterocycles. The smallest absolute Gasteiger partial charge is 0.289 e. The third kappa shape index (κ3) is 4.76. The first-order valence-electron chi connectivity index (χ1n) is 12.3. The van der Waals surface area contributed by atoms with E-state index in [2.05, 4.69) is 36.1 Å². The van der Waals surface area contributed by atoms with Crippen LogP contribution in [0.2, 0.25) is 0 Å². The predicted molar refractivity (Wildman–Crippen MR) is 132 cm³/mol. The number of carbonyl (C=O) groups excluding carboxylic acids is 1. The molecule has 0 aliphatic carbocycles. The van der Waals surface area contributed by atoms with Crippen molar-refractivity contribution in [2.45, 2.75) is 58.0 Å². The lowest BCUT2D eigenvalue weighted by molar-refractivity contribution is -0.0591. The average Bonchev–Trinajstić information content (AvgIpc) is 3.23. The molecule has 0 saturated carbocycles. The number of aryl methyl sites for hydroxylation is 1. The van der Waals surface area contributed by atoms with Crippen LogP contribution in [0.15, 0.2) is 52.9 Å². The number of hydrogen-bond donors (Lipinski definition) is 1. The summed E-state index contributed by atoms with van der Waals surface area (Å²) >= 11 is 0. The van der Waals surface area contributed by atoms with Crippen molar-refractivity contribution in [3.63, 3.8) is 0 Å². The molecule has 3 heterocycles. The van der Waals surface area contributed by atoms with E-state index < -0.39 is 5.60 Å². The number of fused-ring (bicyclic) bond motifs is 1. The van der Waals surface area contributed by atoms with Crippen LogP contribution in [-0.4, -0.2) is 59.2 Å². The molecule has 180 valence electrons. The molecule has 6 nitrogen and oxygen atoms in total. The number of amides is 1. The van der Waals surface area contributed by atoms with Gasteiger partial charge in [-0.25, -0.2) is 0 Å². The van der Waals surface area contributed by atoms with Crippen molar-refractivity contribution in [2.24, 2.45) is 0 Å². The number of likely N-dealkylation sites (tertiary alicyclic amines) is 1. The lowest BCUT2D eigenvalue weighted by atomic mass is 9.84. The maximum Gasteiger partial charge on any atom is 0.289 e. The fourth-order valence-electron chi connectivity index (χ4n) is 5.38. The Balaban J connectivity index is 1.28. The fourth-order valence-corrected chi connectivity index (χ4v) is 5.38. The van der Waals surface area contributed by atoms with Crippen LogP contribution in [0, 0.1) is 6.92 Å². The number of nitrogens with zero attached hydrogens (tertiary/aromatic N) is 2. The molecule has 34 heavy (non-hydrogen) atoms. The van der Waals surface area contributed by atoms with Gasteiger partial charge in [0.2, 0.25) is 0 Å². The molecular formula is C28H34N2O4. The Labute approximate surface area is 201 Å². The lowest BCUT2D eigenvalue weighted by Gasteiger charge is -2.38. The molecular weight excluding hydrogens is 428 g/mol. The minimum atomic E-state index is -0.867. The van der Waals surface area contributed by atoms with Crippen LogP contribution in [0.4, 0.5) is 0 Å². The highest BCUT2D eigenvalue weighted by Crippen LogP contribution is 2.35. The van der Waals surface area contributed by atoms with Gasteiger partial charge in [-0.3, -0.25) is 9.69 Å². The Morgan fingerprint density at radius 3 is 2.50 bits per heavy atom. The molecule has 0 spiro atoms. The average molecular weight is 463 g/mol. The monoisotopic (exact) mass is 462 g/mol. The van der Waals surface area contributed by atoms with Gasteiger partial charge in [0, 0.05) is 38.1 Å². The van der Waals surface area contributed by atoms with Gasteiger partial charge in [-0.05, 0) is 62.9 Å². The van der Waals surface area contributed by atoms with Gasteiger partial charge in [-0.2, -0.15) is 0 Å². The quantitative estimate of drug-likeness (QED) is 0.620. The molecule has 1 N–H and O–H groups in total. The molecule has 2 saturated heterocycles. The maximum absolute atomic E-state index is 13.0. The molecule has 3 aromatic rings. The SMILES string of the molecule is Cc1cccc(CN2CCC(O)(c3ccc4oc(C(=O)N5C[C@@H](C)O[C@@H](C)C5)cc4c3)CC2)c1. The number of rotatable bonds is 4. The number of piperidine rings is 1. The highest BCUT2D eigenvalue weighted by Gasteiger charge is 2.34. The summed E-state index contributed by atoms with van der Waals surface area (Å²) in [4.78, 5) is 17.2. The highest BCUT2D eigenvalue weighted by molar-refractivity contribution is 5.96. The summed E-state index contributed by atoms with van der Waals surface area (Å²) in [6.07, 6.45) is 1.37. The molecule has 0 unspecified atom stereocenters. The van der Waals surface area contributed by atoms with Gasteiger partial charge in [-0.1, -0.05) is 35.9 Å². The zero-order chi connectivity index (χ0) is 23.9. The van der Waals surface area contributed by atoms with Crippen LogP contribution < -0.4 is 0 Å². The largest absolute Gasteiger partial charge is 0.451 e. The second-order valence-electron chi connectivity index (χ2n) is 10.1. The van der Waals surface area contributed by atoms with E-state index in [-0.39, 0.29) is 18.1 Å². The van der Waals surface area contributed by atoms with Crippen LogP contribution in [-0.2, 0) is 16.9 Å². The van der Waals surface area contributed by atoms with Gasteiger partial charge in [0.05, 0.1) is 17.8 Å². The first-order chi connectivity index (χ1) is 16.3. The summed E-state index contributed by atoms with van der Waals surface area (Å²) in [5.41, 5.74) is 3.28. The summed E-state index contributed by atoms with van der Waals surface area (Å²) < 4.78 is 11.6. The summed E-state index contributed by atoms with van der Waals surface area (Å²) in [6.45, 7) is 9.78. The molecule has 1 amide bonds. The van der Waals surface area contributed by atoms with E-state index in [4.69, 9.17) is 9.15 Å². The number of furan rings is 1. The van der Waals surface area contributed by atoms with Gasteiger partial charge >= 0.3 is 0 Å². The number of aliphatic hydroxyl groups is 1. The molecule has 0 radical (unpaired) electrons. The second kappa shape index (κ2) is 9.17. The molecule has 6 heteroatoms. The lowest BCUT2D eigenvalue weighted by Crippen LogP contribution is -2.48. The Morgan fingerprint density at radius 2 is 1.79 bits per heavy atom. The number of hydrogen-bond acceptors (Lipinski definition) is 5. The van der Waals surface area contributed by atoms with E-state index >= 15 is 0 Å².